The maximum Gasteiger partial charge on any atom is 0.407 e. The highest BCUT2D eigenvalue weighted by Gasteiger charge is 2.32. The van der Waals surface area contributed by atoms with Gasteiger partial charge in [0.05, 0.1) is 0 Å². The van der Waals surface area contributed by atoms with Crippen molar-refractivity contribution < 1.29 is 29.3 Å². The van der Waals surface area contributed by atoms with Gasteiger partial charge in [-0.3, -0.25) is 4.79 Å². The zero-order valence-corrected chi connectivity index (χ0v) is 19.6. The molecule has 0 spiro atoms. The Morgan fingerprint density at radius 2 is 1.57 bits per heavy atom. The van der Waals surface area contributed by atoms with Crippen LogP contribution in [0.25, 0.3) is 11.1 Å². The number of carbonyl (C=O) groups excluding carboxylic acids is 2. The number of alkyl carbamates (subject to hydrolysis) is 1. The van der Waals surface area contributed by atoms with Crippen LogP contribution in [0.2, 0.25) is 0 Å². The summed E-state index contributed by atoms with van der Waals surface area (Å²) in [5.41, 5.74) is 4.64. The van der Waals surface area contributed by atoms with Gasteiger partial charge in [-0.05, 0) is 41.0 Å². The lowest BCUT2D eigenvalue weighted by Gasteiger charge is -2.30. The number of aliphatic hydroxyl groups excluding tert-OH is 1. The first kappa shape index (κ1) is 24.7. The van der Waals surface area contributed by atoms with Crippen LogP contribution in [0.4, 0.5) is 4.79 Å². The molecule has 186 valence electrons. The molecule has 0 radical (unpaired) electrons. The Labute approximate surface area is 204 Å². The molecule has 2 aromatic rings. The molecule has 2 aliphatic carbocycles. The minimum Gasteiger partial charge on any atom is -0.479 e. The molecule has 35 heavy (non-hydrogen) atoms. The number of ether oxygens (including phenoxy) is 1. The van der Waals surface area contributed by atoms with Crippen LogP contribution in [0.1, 0.15) is 49.1 Å². The van der Waals surface area contributed by atoms with Crippen LogP contribution < -0.4 is 10.6 Å². The van der Waals surface area contributed by atoms with Crippen molar-refractivity contribution in [3.63, 3.8) is 0 Å². The monoisotopic (exact) mass is 480 g/mol. The second-order valence-electron chi connectivity index (χ2n) is 9.29. The van der Waals surface area contributed by atoms with Gasteiger partial charge < -0.3 is 25.6 Å². The number of carboxylic acids is 1. The maximum absolute atomic E-state index is 12.7. The van der Waals surface area contributed by atoms with E-state index in [1.165, 1.54) is 11.1 Å². The van der Waals surface area contributed by atoms with E-state index in [1.54, 1.807) is 0 Å². The van der Waals surface area contributed by atoms with Gasteiger partial charge in [-0.1, -0.05) is 61.4 Å². The normalized spacial score (nSPS) is 19.8. The Bertz CT molecular complexity index is 1030. The molecule has 3 atom stereocenters. The molecule has 0 heterocycles. The van der Waals surface area contributed by atoms with Crippen LogP contribution in [-0.4, -0.2) is 54.0 Å². The number of carboxylic acid groups (broad SMARTS) is 1. The third-order valence-electron chi connectivity index (χ3n) is 7.10. The number of aliphatic carboxylic acids is 1. The molecule has 1 saturated carbocycles. The van der Waals surface area contributed by atoms with E-state index in [2.05, 4.69) is 34.9 Å². The molecule has 0 bridgehead atoms. The molecule has 2 amide bonds. The molecule has 0 aromatic heterocycles. The maximum atomic E-state index is 12.7. The summed E-state index contributed by atoms with van der Waals surface area (Å²) in [4.78, 5) is 35.9. The number of benzene rings is 2. The Balaban J connectivity index is 1.28. The van der Waals surface area contributed by atoms with Crippen molar-refractivity contribution in [2.75, 3.05) is 19.7 Å². The van der Waals surface area contributed by atoms with Gasteiger partial charge in [-0.15, -0.1) is 0 Å². The molecule has 4 rings (SSSR count). The number of hydrogen-bond donors (Lipinski definition) is 4. The van der Waals surface area contributed by atoms with E-state index in [1.807, 2.05) is 24.3 Å². The predicted molar refractivity (Wildman–Crippen MR) is 130 cm³/mol. The molecule has 8 heteroatoms. The average molecular weight is 481 g/mol. The van der Waals surface area contributed by atoms with Crippen LogP contribution >= 0.6 is 0 Å². The first-order chi connectivity index (χ1) is 17.0. The largest absolute Gasteiger partial charge is 0.479 e. The zero-order valence-electron chi connectivity index (χ0n) is 19.6. The number of fused-ring (bicyclic) bond motifs is 3. The minimum absolute atomic E-state index is 0.0116. The number of nitrogens with one attached hydrogen (secondary N) is 2. The molecular formula is C27H32N2O6. The Hall–Kier alpha value is -3.39. The summed E-state index contributed by atoms with van der Waals surface area (Å²) in [5, 5.41) is 23.7. The summed E-state index contributed by atoms with van der Waals surface area (Å²) < 4.78 is 5.61. The molecule has 0 saturated heterocycles. The predicted octanol–water partition coefficient (Wildman–Crippen LogP) is 3.28. The summed E-state index contributed by atoms with van der Waals surface area (Å²) >= 11 is 0. The summed E-state index contributed by atoms with van der Waals surface area (Å²) in [6.45, 7) is 0.669. The summed E-state index contributed by atoms with van der Waals surface area (Å²) in [6, 6.07) is 16.3. The highest BCUT2D eigenvalue weighted by molar-refractivity contribution is 5.80. The number of rotatable bonds is 9. The van der Waals surface area contributed by atoms with Crippen molar-refractivity contribution >= 4 is 18.0 Å². The Morgan fingerprint density at radius 3 is 2.23 bits per heavy atom. The number of amides is 2. The summed E-state index contributed by atoms with van der Waals surface area (Å²) in [5.74, 6) is -1.76. The molecule has 3 unspecified atom stereocenters. The van der Waals surface area contributed by atoms with Crippen LogP contribution in [0, 0.1) is 11.8 Å². The fraction of sp³-hybridized carbons (Fsp3) is 0.444. The van der Waals surface area contributed by atoms with E-state index in [9.17, 15) is 19.5 Å². The van der Waals surface area contributed by atoms with E-state index >= 15 is 0 Å². The van der Waals surface area contributed by atoms with Gasteiger partial charge in [-0.25, -0.2) is 9.59 Å². The highest BCUT2D eigenvalue weighted by Crippen LogP contribution is 2.44. The summed E-state index contributed by atoms with van der Waals surface area (Å²) in [6.07, 6.45) is 1.41. The van der Waals surface area contributed by atoms with Crippen molar-refractivity contribution in [3.05, 3.63) is 59.7 Å². The van der Waals surface area contributed by atoms with Crippen molar-refractivity contribution in [1.29, 1.82) is 0 Å². The molecule has 4 N–H and O–H groups in total. The summed E-state index contributed by atoms with van der Waals surface area (Å²) in [7, 11) is 0. The molecule has 0 aliphatic heterocycles. The molecule has 2 aromatic carbocycles. The van der Waals surface area contributed by atoms with Crippen LogP contribution in [0.15, 0.2) is 48.5 Å². The van der Waals surface area contributed by atoms with Gasteiger partial charge in [0, 0.05) is 31.3 Å². The van der Waals surface area contributed by atoms with Gasteiger partial charge in [0.2, 0.25) is 5.91 Å². The standard InChI is InChI=1S/C27H32N2O6/c30-24(26(32)33)13-14-28-25(31)18-8-2-1-7-17(18)15-29-27(34)35-16-23-21-11-5-3-9-19(21)20-10-4-6-12-22(20)23/h3-6,9-12,17-18,23-24,30H,1-2,7-8,13-16H2,(H,28,31)(H,29,34)(H,32,33). The fourth-order valence-corrected chi connectivity index (χ4v) is 5.25. The lowest BCUT2D eigenvalue weighted by atomic mass is 9.78. The smallest absolute Gasteiger partial charge is 0.407 e. The lowest BCUT2D eigenvalue weighted by Crippen LogP contribution is -2.42. The number of hydrogen-bond acceptors (Lipinski definition) is 5. The van der Waals surface area contributed by atoms with E-state index in [-0.39, 0.29) is 43.2 Å². The van der Waals surface area contributed by atoms with Crippen LogP contribution in [-0.2, 0) is 14.3 Å². The third kappa shape index (κ3) is 5.82. The molecular weight excluding hydrogens is 448 g/mol. The number of aliphatic hydroxyl groups is 1. The fourth-order valence-electron chi connectivity index (χ4n) is 5.25. The second-order valence-corrected chi connectivity index (χ2v) is 9.29. The SMILES string of the molecule is O=C(NCC1CCCCC1C(=O)NCCC(O)C(=O)O)OCC1c2ccccc2-c2ccccc21. The van der Waals surface area contributed by atoms with Crippen molar-refractivity contribution in [1.82, 2.24) is 10.6 Å². The van der Waals surface area contributed by atoms with Crippen molar-refractivity contribution in [3.8, 4) is 11.1 Å². The van der Waals surface area contributed by atoms with Crippen molar-refractivity contribution in [2.24, 2.45) is 11.8 Å². The van der Waals surface area contributed by atoms with E-state index < -0.39 is 18.2 Å². The van der Waals surface area contributed by atoms with Gasteiger partial charge in [0.25, 0.3) is 0 Å². The van der Waals surface area contributed by atoms with E-state index in [4.69, 9.17) is 9.84 Å². The highest BCUT2D eigenvalue weighted by atomic mass is 16.5. The van der Waals surface area contributed by atoms with E-state index in [0.29, 0.717) is 13.0 Å². The van der Waals surface area contributed by atoms with Gasteiger partial charge in [-0.2, -0.15) is 0 Å². The molecule has 1 fully saturated rings. The van der Waals surface area contributed by atoms with Gasteiger partial charge >= 0.3 is 12.1 Å². The minimum atomic E-state index is -1.49. The van der Waals surface area contributed by atoms with Gasteiger partial charge in [0.1, 0.15) is 6.61 Å². The average Bonchev–Trinajstić information content (AvgIpc) is 3.20. The first-order valence-electron chi connectivity index (χ1n) is 12.2. The first-order valence-corrected chi connectivity index (χ1v) is 12.2. The molecule has 2 aliphatic rings. The van der Waals surface area contributed by atoms with Gasteiger partial charge in [0.15, 0.2) is 6.10 Å². The molecule has 8 nitrogen and oxygen atoms in total. The topological polar surface area (TPSA) is 125 Å². The van der Waals surface area contributed by atoms with Crippen molar-refractivity contribution in [2.45, 2.75) is 44.1 Å². The Kier molecular flexibility index (Phi) is 8.02. The quantitative estimate of drug-likeness (QED) is 0.437. The zero-order chi connectivity index (χ0) is 24.8. The lowest BCUT2D eigenvalue weighted by molar-refractivity contribution is -0.147. The number of carbonyl (C=O) groups is 3. The second kappa shape index (κ2) is 11.4. The Morgan fingerprint density at radius 1 is 0.943 bits per heavy atom. The van der Waals surface area contributed by atoms with Crippen LogP contribution in [0.3, 0.4) is 0 Å². The van der Waals surface area contributed by atoms with Crippen LogP contribution in [0.5, 0.6) is 0 Å². The third-order valence-corrected chi connectivity index (χ3v) is 7.10. The van der Waals surface area contributed by atoms with E-state index in [0.717, 1.165) is 30.4 Å².